The molecule has 2 rings (SSSR count). The summed E-state index contributed by atoms with van der Waals surface area (Å²) in [4.78, 5) is 11.9. The van der Waals surface area contributed by atoms with Gasteiger partial charge in [0.05, 0.1) is 18.6 Å². The molecule has 1 fully saturated rings. The molecule has 0 saturated heterocycles. The molecule has 0 atom stereocenters. The Bertz CT molecular complexity index is 471. The third-order valence-electron chi connectivity index (χ3n) is 3.63. The molecule has 2 N–H and O–H groups in total. The van der Waals surface area contributed by atoms with Gasteiger partial charge in [-0.25, -0.2) is 8.78 Å². The summed E-state index contributed by atoms with van der Waals surface area (Å²) in [7, 11) is 0. The summed E-state index contributed by atoms with van der Waals surface area (Å²) in [5.74, 6) is -1.73. The van der Waals surface area contributed by atoms with Crippen LogP contribution < -0.4 is 5.32 Å². The quantitative estimate of drug-likeness (QED) is 0.877. The largest absolute Gasteiger partial charge is 0.394 e. The predicted octanol–water partition coefficient (Wildman–Crippen LogP) is 1.93. The minimum atomic E-state index is -0.723. The number of benzene rings is 1. The fraction of sp³-hybridized carbons (Fsp3) is 0.500. The van der Waals surface area contributed by atoms with E-state index in [-0.39, 0.29) is 24.5 Å². The zero-order valence-corrected chi connectivity index (χ0v) is 10.6. The normalized spacial score (nSPS) is 17.4. The highest BCUT2D eigenvalue weighted by Crippen LogP contribution is 2.29. The first-order valence-electron chi connectivity index (χ1n) is 6.40. The maximum atomic E-state index is 13.4. The Morgan fingerprint density at radius 1 is 1.32 bits per heavy atom. The molecule has 1 aliphatic rings. The second-order valence-electron chi connectivity index (χ2n) is 5.11. The molecule has 3 nitrogen and oxygen atoms in total. The second-order valence-corrected chi connectivity index (χ2v) is 5.11. The van der Waals surface area contributed by atoms with Crippen LogP contribution in [0.2, 0.25) is 0 Å². The number of aliphatic hydroxyl groups excluding tert-OH is 1. The molecule has 1 aliphatic carbocycles. The van der Waals surface area contributed by atoms with E-state index in [0.717, 1.165) is 37.8 Å². The van der Waals surface area contributed by atoms with Gasteiger partial charge in [0.15, 0.2) is 0 Å². The smallest absolute Gasteiger partial charge is 0.225 e. The second kappa shape index (κ2) is 5.65. The molecule has 0 spiro atoms. The molecule has 0 bridgehead atoms. The lowest BCUT2D eigenvalue weighted by Crippen LogP contribution is -2.49. The van der Waals surface area contributed by atoms with Crippen LogP contribution >= 0.6 is 0 Å². The molecule has 5 heteroatoms. The predicted molar refractivity (Wildman–Crippen MR) is 66.5 cm³/mol. The van der Waals surface area contributed by atoms with E-state index in [1.54, 1.807) is 0 Å². The monoisotopic (exact) mass is 269 g/mol. The molecule has 0 heterocycles. The van der Waals surface area contributed by atoms with Crippen LogP contribution in [0.15, 0.2) is 18.2 Å². The highest BCUT2D eigenvalue weighted by molar-refractivity contribution is 5.79. The van der Waals surface area contributed by atoms with E-state index in [1.165, 1.54) is 6.07 Å². The summed E-state index contributed by atoms with van der Waals surface area (Å²) >= 11 is 0. The lowest BCUT2D eigenvalue weighted by atomic mass is 9.98. The van der Waals surface area contributed by atoms with E-state index in [1.807, 2.05) is 0 Å². The number of aliphatic hydroxyl groups is 1. The lowest BCUT2D eigenvalue weighted by Gasteiger charge is -2.28. The van der Waals surface area contributed by atoms with Crippen LogP contribution in [0.1, 0.15) is 31.2 Å². The van der Waals surface area contributed by atoms with Crippen LogP contribution in [0.3, 0.4) is 0 Å². The summed E-state index contributed by atoms with van der Waals surface area (Å²) in [6.45, 7) is -0.107. The van der Waals surface area contributed by atoms with Gasteiger partial charge in [0.25, 0.3) is 0 Å². The number of nitrogens with one attached hydrogen (secondary N) is 1. The van der Waals surface area contributed by atoms with E-state index < -0.39 is 17.2 Å². The van der Waals surface area contributed by atoms with Crippen molar-refractivity contribution in [3.8, 4) is 0 Å². The van der Waals surface area contributed by atoms with Crippen molar-refractivity contribution >= 4 is 5.91 Å². The van der Waals surface area contributed by atoms with Crippen LogP contribution in [0.25, 0.3) is 0 Å². The summed E-state index contributed by atoms with van der Waals surface area (Å²) in [5, 5.41) is 12.2. The van der Waals surface area contributed by atoms with Crippen molar-refractivity contribution in [2.75, 3.05) is 6.61 Å². The van der Waals surface area contributed by atoms with Crippen molar-refractivity contribution in [3.05, 3.63) is 35.4 Å². The van der Waals surface area contributed by atoms with Crippen molar-refractivity contribution in [1.29, 1.82) is 0 Å². The molecule has 1 saturated carbocycles. The number of hydrogen-bond donors (Lipinski definition) is 2. The summed E-state index contributed by atoms with van der Waals surface area (Å²) in [6, 6.07) is 3.16. The van der Waals surface area contributed by atoms with Crippen LogP contribution in [-0.4, -0.2) is 23.2 Å². The Morgan fingerprint density at radius 3 is 2.58 bits per heavy atom. The summed E-state index contributed by atoms with van der Waals surface area (Å²) in [5.41, 5.74) is -0.405. The molecule has 0 radical (unpaired) electrons. The SMILES string of the molecule is O=C(Cc1ccc(F)cc1F)NC1(CO)CCCC1. The number of rotatable bonds is 4. The topological polar surface area (TPSA) is 49.3 Å². The molecule has 0 aliphatic heterocycles. The highest BCUT2D eigenvalue weighted by Gasteiger charge is 2.34. The molecular weight excluding hydrogens is 252 g/mol. The third kappa shape index (κ3) is 3.29. The first-order valence-corrected chi connectivity index (χ1v) is 6.40. The Morgan fingerprint density at radius 2 is 2.00 bits per heavy atom. The zero-order valence-electron chi connectivity index (χ0n) is 10.6. The summed E-state index contributed by atoms with van der Waals surface area (Å²) < 4.78 is 26.2. The van der Waals surface area contributed by atoms with Crippen LogP contribution in [0.5, 0.6) is 0 Å². The maximum Gasteiger partial charge on any atom is 0.225 e. The standard InChI is InChI=1S/C14H17F2NO2/c15-11-4-3-10(12(16)8-11)7-13(19)17-14(9-18)5-1-2-6-14/h3-4,8,18H,1-2,5-7,9H2,(H,17,19). The van der Waals surface area contributed by atoms with Crippen molar-refractivity contribution in [1.82, 2.24) is 5.32 Å². The fourth-order valence-corrected chi connectivity index (χ4v) is 2.55. The Labute approximate surface area is 110 Å². The Hall–Kier alpha value is -1.49. The van der Waals surface area contributed by atoms with Crippen molar-refractivity contribution < 1.29 is 18.7 Å². The van der Waals surface area contributed by atoms with Gasteiger partial charge < -0.3 is 10.4 Å². The van der Waals surface area contributed by atoms with Gasteiger partial charge >= 0.3 is 0 Å². The van der Waals surface area contributed by atoms with E-state index >= 15 is 0 Å². The first kappa shape index (κ1) is 13.9. The lowest BCUT2D eigenvalue weighted by molar-refractivity contribution is -0.123. The van der Waals surface area contributed by atoms with Crippen molar-refractivity contribution in [2.24, 2.45) is 0 Å². The van der Waals surface area contributed by atoms with E-state index in [2.05, 4.69) is 5.32 Å². The number of halogens is 2. The fourth-order valence-electron chi connectivity index (χ4n) is 2.55. The van der Waals surface area contributed by atoms with E-state index in [9.17, 15) is 18.7 Å². The van der Waals surface area contributed by atoms with Crippen LogP contribution in [0.4, 0.5) is 8.78 Å². The van der Waals surface area contributed by atoms with Gasteiger partial charge in [-0.1, -0.05) is 18.9 Å². The molecule has 1 aromatic carbocycles. The van der Waals surface area contributed by atoms with E-state index in [4.69, 9.17) is 0 Å². The van der Waals surface area contributed by atoms with Gasteiger partial charge in [-0.05, 0) is 24.5 Å². The summed E-state index contributed by atoms with van der Waals surface area (Å²) in [6.07, 6.45) is 3.26. The van der Waals surface area contributed by atoms with Gasteiger partial charge in [0, 0.05) is 6.07 Å². The van der Waals surface area contributed by atoms with Crippen LogP contribution in [-0.2, 0) is 11.2 Å². The zero-order chi connectivity index (χ0) is 13.9. The molecule has 1 amide bonds. The third-order valence-corrected chi connectivity index (χ3v) is 3.63. The molecule has 0 aromatic heterocycles. The van der Waals surface area contributed by atoms with Crippen LogP contribution in [0, 0.1) is 11.6 Å². The molecule has 1 aromatic rings. The van der Waals surface area contributed by atoms with Gasteiger partial charge in [-0.15, -0.1) is 0 Å². The van der Waals surface area contributed by atoms with Crippen molar-refractivity contribution in [2.45, 2.75) is 37.6 Å². The average Bonchev–Trinajstić information content (AvgIpc) is 2.82. The molecule has 0 unspecified atom stereocenters. The van der Waals surface area contributed by atoms with Crippen molar-refractivity contribution in [3.63, 3.8) is 0 Å². The van der Waals surface area contributed by atoms with Gasteiger partial charge in [-0.3, -0.25) is 4.79 Å². The minimum absolute atomic E-state index is 0.107. The van der Waals surface area contributed by atoms with Gasteiger partial charge in [0.2, 0.25) is 5.91 Å². The molecule has 104 valence electrons. The molecular formula is C14H17F2NO2. The minimum Gasteiger partial charge on any atom is -0.394 e. The number of carbonyl (C=O) groups is 1. The first-order chi connectivity index (χ1) is 9.04. The highest BCUT2D eigenvalue weighted by atomic mass is 19.1. The Balaban J connectivity index is 2.01. The molecule has 19 heavy (non-hydrogen) atoms. The van der Waals surface area contributed by atoms with Gasteiger partial charge in [-0.2, -0.15) is 0 Å². The number of amides is 1. The maximum absolute atomic E-state index is 13.4. The number of hydrogen-bond acceptors (Lipinski definition) is 2. The van der Waals surface area contributed by atoms with E-state index in [0.29, 0.717) is 0 Å². The van der Waals surface area contributed by atoms with Gasteiger partial charge in [0.1, 0.15) is 11.6 Å². The average molecular weight is 269 g/mol. The number of carbonyl (C=O) groups excluding carboxylic acids is 1. The Kier molecular flexibility index (Phi) is 4.14.